The molecule has 0 amide bonds. The van der Waals surface area contributed by atoms with Crippen LogP contribution < -0.4 is 4.74 Å². The Morgan fingerprint density at radius 2 is 1.95 bits per heavy atom. The van der Waals surface area contributed by atoms with E-state index in [9.17, 15) is 10.2 Å². The lowest BCUT2D eigenvalue weighted by Gasteiger charge is -2.32. The van der Waals surface area contributed by atoms with Crippen LogP contribution >= 0.6 is 15.9 Å². The Balaban J connectivity index is 2.10. The molecule has 0 saturated heterocycles. The highest BCUT2D eigenvalue weighted by Gasteiger charge is 2.30. The summed E-state index contributed by atoms with van der Waals surface area (Å²) >= 11 is 3.41. The van der Waals surface area contributed by atoms with Crippen molar-refractivity contribution < 1.29 is 14.9 Å². The first-order valence-electron chi connectivity index (χ1n) is 6.79. The average Bonchev–Trinajstić information content (AvgIpc) is 2.37. The highest BCUT2D eigenvalue weighted by atomic mass is 79.9. The summed E-state index contributed by atoms with van der Waals surface area (Å²) in [5.41, 5.74) is 1.02. The van der Waals surface area contributed by atoms with Gasteiger partial charge in [0, 0.05) is 10.0 Å². The number of hydrogen-bond donors (Lipinski definition) is 2. The van der Waals surface area contributed by atoms with Gasteiger partial charge in [-0.25, -0.2) is 0 Å². The Bertz CT molecular complexity index is 439. The number of rotatable bonds is 4. The first kappa shape index (κ1) is 14.8. The molecule has 0 aromatic heterocycles. The molecule has 0 heterocycles. The van der Waals surface area contributed by atoms with Gasteiger partial charge < -0.3 is 14.9 Å². The third kappa shape index (κ3) is 3.71. The van der Waals surface area contributed by atoms with Crippen molar-refractivity contribution in [3.63, 3.8) is 0 Å². The van der Waals surface area contributed by atoms with Crippen molar-refractivity contribution in [3.05, 3.63) is 27.7 Å². The van der Waals surface area contributed by atoms with Gasteiger partial charge in [0.2, 0.25) is 0 Å². The van der Waals surface area contributed by atoms with E-state index in [1.165, 1.54) is 6.42 Å². The molecule has 1 fully saturated rings. The van der Waals surface area contributed by atoms with Gasteiger partial charge in [0.25, 0.3) is 0 Å². The smallest absolute Gasteiger partial charge is 0.127 e. The molecule has 0 spiro atoms. The SMILES string of the molecule is Cc1cc(Br)cc(CO)c1OCC1(O)CCCCC1. The molecule has 0 bridgehead atoms. The molecule has 1 aliphatic carbocycles. The summed E-state index contributed by atoms with van der Waals surface area (Å²) in [6.07, 6.45) is 4.92. The predicted octanol–water partition coefficient (Wildman–Crippen LogP) is 3.32. The second kappa shape index (κ2) is 6.25. The van der Waals surface area contributed by atoms with E-state index in [0.29, 0.717) is 12.4 Å². The van der Waals surface area contributed by atoms with Crippen LogP contribution in [0, 0.1) is 6.92 Å². The van der Waals surface area contributed by atoms with Crippen molar-refractivity contribution in [2.24, 2.45) is 0 Å². The molecule has 0 atom stereocenters. The zero-order valence-corrected chi connectivity index (χ0v) is 12.9. The minimum absolute atomic E-state index is 0.0615. The molecular weight excluding hydrogens is 308 g/mol. The standard InChI is InChI=1S/C15H21BrO3/c1-11-7-13(16)8-12(9-17)14(11)19-10-15(18)5-3-2-4-6-15/h7-8,17-18H,2-6,9-10H2,1H3. The molecule has 1 aromatic rings. The lowest BCUT2D eigenvalue weighted by Crippen LogP contribution is -2.38. The highest BCUT2D eigenvalue weighted by molar-refractivity contribution is 9.10. The first-order valence-corrected chi connectivity index (χ1v) is 7.58. The molecule has 2 rings (SSSR count). The lowest BCUT2D eigenvalue weighted by molar-refractivity contribution is -0.0344. The fourth-order valence-corrected chi connectivity index (χ4v) is 3.30. The Morgan fingerprint density at radius 1 is 1.26 bits per heavy atom. The first-order chi connectivity index (χ1) is 9.04. The van der Waals surface area contributed by atoms with Crippen molar-refractivity contribution in [2.75, 3.05) is 6.61 Å². The van der Waals surface area contributed by atoms with Gasteiger partial charge in [0.1, 0.15) is 12.4 Å². The monoisotopic (exact) mass is 328 g/mol. The second-order valence-electron chi connectivity index (χ2n) is 5.44. The normalized spacial score (nSPS) is 18.3. The van der Waals surface area contributed by atoms with Gasteiger partial charge in [0.05, 0.1) is 12.2 Å². The van der Waals surface area contributed by atoms with E-state index >= 15 is 0 Å². The van der Waals surface area contributed by atoms with E-state index in [2.05, 4.69) is 15.9 Å². The van der Waals surface area contributed by atoms with Gasteiger partial charge in [-0.3, -0.25) is 0 Å². The van der Waals surface area contributed by atoms with Gasteiger partial charge in [-0.1, -0.05) is 35.2 Å². The Kier molecular flexibility index (Phi) is 4.87. The highest BCUT2D eigenvalue weighted by Crippen LogP contribution is 2.32. The van der Waals surface area contributed by atoms with Crippen molar-refractivity contribution in [3.8, 4) is 5.75 Å². The molecule has 1 aliphatic rings. The van der Waals surface area contributed by atoms with E-state index in [4.69, 9.17) is 4.74 Å². The quantitative estimate of drug-likeness (QED) is 0.891. The van der Waals surface area contributed by atoms with Gasteiger partial charge in [-0.15, -0.1) is 0 Å². The van der Waals surface area contributed by atoms with Gasteiger partial charge in [-0.2, -0.15) is 0 Å². The third-order valence-corrected chi connectivity index (χ3v) is 4.21. The summed E-state index contributed by atoms with van der Waals surface area (Å²) < 4.78 is 6.75. The summed E-state index contributed by atoms with van der Waals surface area (Å²) in [6.45, 7) is 2.20. The lowest BCUT2D eigenvalue weighted by atomic mass is 9.85. The van der Waals surface area contributed by atoms with Crippen molar-refractivity contribution in [2.45, 2.75) is 51.2 Å². The van der Waals surface area contributed by atoms with Crippen LogP contribution in [0.15, 0.2) is 16.6 Å². The number of hydrogen-bond acceptors (Lipinski definition) is 3. The Labute approximate surface area is 122 Å². The topological polar surface area (TPSA) is 49.7 Å². The van der Waals surface area contributed by atoms with E-state index in [1.807, 2.05) is 19.1 Å². The molecule has 3 nitrogen and oxygen atoms in total. The van der Waals surface area contributed by atoms with Crippen molar-refractivity contribution in [1.29, 1.82) is 0 Å². The summed E-state index contributed by atoms with van der Waals surface area (Å²) in [7, 11) is 0. The fraction of sp³-hybridized carbons (Fsp3) is 0.600. The molecule has 0 radical (unpaired) electrons. The number of aliphatic hydroxyl groups is 2. The summed E-state index contributed by atoms with van der Waals surface area (Å²) in [5, 5.41) is 19.9. The minimum Gasteiger partial charge on any atom is -0.490 e. The van der Waals surface area contributed by atoms with E-state index < -0.39 is 5.60 Å². The molecule has 19 heavy (non-hydrogen) atoms. The van der Waals surface area contributed by atoms with E-state index in [1.54, 1.807) is 0 Å². The second-order valence-corrected chi connectivity index (χ2v) is 6.36. The van der Waals surface area contributed by atoms with Gasteiger partial charge in [0.15, 0.2) is 0 Å². The Morgan fingerprint density at radius 3 is 2.58 bits per heavy atom. The van der Waals surface area contributed by atoms with E-state index in [-0.39, 0.29) is 6.61 Å². The maximum atomic E-state index is 10.4. The number of ether oxygens (including phenoxy) is 1. The zero-order chi connectivity index (χ0) is 13.9. The maximum Gasteiger partial charge on any atom is 0.127 e. The van der Waals surface area contributed by atoms with Crippen LogP contribution in [-0.2, 0) is 6.61 Å². The van der Waals surface area contributed by atoms with Gasteiger partial charge >= 0.3 is 0 Å². The summed E-state index contributed by atoms with van der Waals surface area (Å²) in [5.74, 6) is 0.699. The minimum atomic E-state index is -0.704. The molecular formula is C15H21BrO3. The molecule has 4 heteroatoms. The number of aliphatic hydroxyl groups excluding tert-OH is 1. The number of halogens is 1. The summed E-state index contributed by atoms with van der Waals surface area (Å²) in [4.78, 5) is 0. The van der Waals surface area contributed by atoms with Gasteiger partial charge in [-0.05, 0) is 37.5 Å². The van der Waals surface area contributed by atoms with E-state index in [0.717, 1.165) is 41.3 Å². The number of aryl methyl sites for hydroxylation is 1. The molecule has 0 aliphatic heterocycles. The third-order valence-electron chi connectivity index (χ3n) is 3.76. The summed E-state index contributed by atoms with van der Waals surface area (Å²) in [6, 6.07) is 3.81. The molecule has 2 N–H and O–H groups in total. The van der Waals surface area contributed by atoms with Crippen LogP contribution in [0.25, 0.3) is 0 Å². The van der Waals surface area contributed by atoms with Crippen molar-refractivity contribution >= 4 is 15.9 Å². The molecule has 106 valence electrons. The fourth-order valence-electron chi connectivity index (χ4n) is 2.68. The molecule has 1 aromatic carbocycles. The van der Waals surface area contributed by atoms with Crippen LogP contribution in [0.5, 0.6) is 5.75 Å². The average molecular weight is 329 g/mol. The largest absolute Gasteiger partial charge is 0.490 e. The van der Waals surface area contributed by atoms with Crippen LogP contribution in [-0.4, -0.2) is 22.4 Å². The zero-order valence-electron chi connectivity index (χ0n) is 11.3. The van der Waals surface area contributed by atoms with Crippen LogP contribution in [0.4, 0.5) is 0 Å². The Hall–Kier alpha value is -0.580. The molecule has 1 saturated carbocycles. The predicted molar refractivity (Wildman–Crippen MR) is 78.3 cm³/mol. The molecule has 0 unspecified atom stereocenters. The van der Waals surface area contributed by atoms with Crippen LogP contribution in [0.1, 0.15) is 43.2 Å². The maximum absolute atomic E-state index is 10.4. The van der Waals surface area contributed by atoms with Crippen LogP contribution in [0.3, 0.4) is 0 Å². The van der Waals surface area contributed by atoms with Crippen LogP contribution in [0.2, 0.25) is 0 Å². The van der Waals surface area contributed by atoms with Crippen molar-refractivity contribution in [1.82, 2.24) is 0 Å². The number of benzene rings is 1.